The molecule has 24 heavy (non-hydrogen) atoms. The Morgan fingerprint density at radius 1 is 0.875 bits per heavy atom. The number of para-hydroxylation sites is 2. The van der Waals surface area contributed by atoms with Gasteiger partial charge in [-0.2, -0.15) is 5.16 Å². The molecule has 0 radical (unpaired) electrons. The molecule has 5 nitrogen and oxygen atoms in total. The van der Waals surface area contributed by atoms with Crippen LogP contribution < -0.4 is 10.2 Å². The monoisotopic (exact) mass is 379 g/mol. The maximum absolute atomic E-state index is 11.4. The van der Waals surface area contributed by atoms with Crippen molar-refractivity contribution in [3.63, 3.8) is 0 Å². The van der Waals surface area contributed by atoms with E-state index in [4.69, 9.17) is 5.41 Å². The minimum absolute atomic E-state index is 0. The maximum atomic E-state index is 11.4. The van der Waals surface area contributed by atoms with Gasteiger partial charge < -0.3 is 15.6 Å². The van der Waals surface area contributed by atoms with E-state index in [9.17, 15) is 10.2 Å². The molecule has 0 N–H and O–H groups in total. The second-order valence-electron chi connectivity index (χ2n) is 4.24. The van der Waals surface area contributed by atoms with Crippen molar-refractivity contribution >= 4 is 29.8 Å². The first-order valence-corrected chi connectivity index (χ1v) is 7.13. The zero-order valence-electron chi connectivity index (χ0n) is 12.6. The van der Waals surface area contributed by atoms with Crippen LogP contribution in [-0.2, 0) is 17.1 Å². The molecule has 0 aliphatic heterocycles. The molecule has 0 aliphatic carbocycles. The Hall–Kier alpha value is -2.30. The van der Waals surface area contributed by atoms with Crippen molar-refractivity contribution in [2.75, 3.05) is 13.1 Å². The molecule has 0 saturated heterocycles. The minimum atomic E-state index is -0.0416. The molecule has 0 fully saturated rings. The van der Waals surface area contributed by atoms with E-state index >= 15 is 0 Å². The van der Waals surface area contributed by atoms with Crippen molar-refractivity contribution in [3.8, 4) is 11.5 Å². The molecule has 2 aromatic carbocycles. The summed E-state index contributed by atoms with van der Waals surface area (Å²) in [5, 5.41) is 31.3. The Kier molecular flexibility index (Phi) is 11.9. The molecule has 2 rings (SSSR count). The molecular formula is C17H14MnN3O2S. The Morgan fingerprint density at radius 3 is 1.54 bits per heavy atom. The number of hydrogen-bond acceptors (Lipinski definition) is 5. The van der Waals surface area contributed by atoms with Crippen molar-refractivity contribution < 1.29 is 27.3 Å². The van der Waals surface area contributed by atoms with Crippen molar-refractivity contribution in [2.24, 2.45) is 9.98 Å². The Bertz CT molecular complexity index is 659. The van der Waals surface area contributed by atoms with E-state index in [1.54, 1.807) is 48.8 Å². The van der Waals surface area contributed by atoms with Crippen LogP contribution in [0.15, 0.2) is 58.5 Å². The van der Waals surface area contributed by atoms with Crippen LogP contribution in [0.4, 0.5) is 0 Å². The van der Waals surface area contributed by atoms with Gasteiger partial charge in [-0.15, -0.1) is 11.5 Å². The molecule has 122 valence electrons. The number of rotatable bonds is 5. The number of hydrogen-bond donors (Lipinski definition) is 0. The summed E-state index contributed by atoms with van der Waals surface area (Å²) in [5.41, 5.74) is 1.14. The van der Waals surface area contributed by atoms with Crippen LogP contribution in [0.3, 0.4) is 0 Å². The average molecular weight is 379 g/mol. The van der Waals surface area contributed by atoms with Crippen molar-refractivity contribution in [1.82, 2.24) is 0 Å². The summed E-state index contributed by atoms with van der Waals surface area (Å²) in [7, 11) is 0. The molecule has 0 bridgehead atoms. The summed E-state index contributed by atoms with van der Waals surface area (Å²) in [6.07, 6.45) is 3.11. The summed E-state index contributed by atoms with van der Waals surface area (Å²) < 4.78 is 0. The second kappa shape index (κ2) is 13.2. The third kappa shape index (κ3) is 8.36. The van der Waals surface area contributed by atoms with E-state index in [2.05, 4.69) is 22.2 Å². The van der Waals surface area contributed by atoms with Gasteiger partial charge in [0.15, 0.2) is 0 Å². The minimum Gasteiger partial charge on any atom is -0.872 e. The molecule has 0 aromatic heterocycles. The fraction of sp³-hybridized carbons (Fsp3) is 0.118. The molecule has 0 aliphatic rings. The summed E-state index contributed by atoms with van der Waals surface area (Å²) in [5.74, 6) is -0.0833. The first-order chi connectivity index (χ1) is 11.2. The van der Waals surface area contributed by atoms with Crippen molar-refractivity contribution in [2.45, 2.75) is 0 Å². The van der Waals surface area contributed by atoms with E-state index < -0.39 is 0 Å². The van der Waals surface area contributed by atoms with Crippen molar-refractivity contribution in [1.29, 1.82) is 0 Å². The fourth-order valence-corrected chi connectivity index (χ4v) is 1.62. The topological polar surface area (TPSA) is 93.1 Å². The summed E-state index contributed by atoms with van der Waals surface area (Å²) in [6, 6.07) is 13.5. The zero-order valence-corrected chi connectivity index (χ0v) is 14.6. The Labute approximate surface area is 156 Å². The van der Waals surface area contributed by atoms with Gasteiger partial charge in [0.2, 0.25) is 0 Å². The molecule has 0 heterocycles. The Morgan fingerprint density at radius 2 is 1.21 bits per heavy atom. The normalized spacial score (nSPS) is 9.83. The number of thiocarbonyl (C=S) groups is 1. The molecule has 0 spiro atoms. The maximum Gasteiger partial charge on any atom is 3.00 e. The molecule has 7 heteroatoms. The van der Waals surface area contributed by atoms with Crippen LogP contribution in [0.1, 0.15) is 11.1 Å². The molecule has 0 unspecified atom stereocenters. The third-order valence-corrected chi connectivity index (χ3v) is 2.66. The standard InChI is InChI=1S/C16H16N2O2.CNS.Mn/c19-15-7-3-1-5-13(15)11-17-9-10-18-12-14-6-2-4-8-16(14)20;2-1-3;/h1-8,11-12,19-20H,9-10H2;;/q;-1;+3/p-2. The van der Waals surface area contributed by atoms with Crippen LogP contribution in [0.5, 0.6) is 11.5 Å². The smallest absolute Gasteiger partial charge is 0.872 e. The SMILES string of the molecule is [Mn+3].[N-]=C=S.[O-]c1ccccc1C=NCCN=Cc1ccccc1[O-]. The molecule has 0 saturated carbocycles. The predicted molar refractivity (Wildman–Crippen MR) is 92.7 cm³/mol. The molecule has 0 amide bonds. The number of nitrogens with zero attached hydrogens (tertiary/aromatic N) is 3. The van der Waals surface area contributed by atoms with E-state index in [1.165, 1.54) is 17.3 Å². The zero-order chi connectivity index (χ0) is 16.9. The van der Waals surface area contributed by atoms with Crippen molar-refractivity contribution in [3.05, 3.63) is 65.1 Å². The van der Waals surface area contributed by atoms with Crippen LogP contribution >= 0.6 is 12.2 Å². The van der Waals surface area contributed by atoms with Crippen LogP contribution in [-0.4, -0.2) is 30.7 Å². The van der Waals surface area contributed by atoms with Gasteiger partial charge in [-0.25, -0.2) is 0 Å². The molecule has 2 aromatic rings. The average Bonchev–Trinajstić information content (AvgIpc) is 2.55. The summed E-state index contributed by atoms with van der Waals surface area (Å²) in [6.45, 7) is 0.956. The van der Waals surface area contributed by atoms with Gasteiger partial charge in [-0.1, -0.05) is 60.7 Å². The number of benzene rings is 2. The number of aliphatic imine (C=N–C) groups is 2. The first kappa shape index (κ1) is 21.7. The fourth-order valence-electron chi connectivity index (χ4n) is 1.62. The third-order valence-electron chi connectivity index (χ3n) is 2.66. The Balaban J connectivity index is 0.00000123. The van der Waals surface area contributed by atoms with E-state index in [1.807, 2.05) is 0 Å². The summed E-state index contributed by atoms with van der Waals surface area (Å²) in [4.78, 5) is 8.28. The van der Waals surface area contributed by atoms with E-state index in [0.29, 0.717) is 24.2 Å². The number of isothiocyanates is 1. The van der Waals surface area contributed by atoms with Crippen LogP contribution in [0.2, 0.25) is 0 Å². The first-order valence-electron chi connectivity index (χ1n) is 6.72. The van der Waals surface area contributed by atoms with Gasteiger partial charge in [0.1, 0.15) is 0 Å². The van der Waals surface area contributed by atoms with Crippen LogP contribution in [0.25, 0.3) is 5.41 Å². The van der Waals surface area contributed by atoms with Gasteiger partial charge in [0, 0.05) is 12.4 Å². The van der Waals surface area contributed by atoms with Gasteiger partial charge >= 0.3 is 17.1 Å². The summed E-state index contributed by atoms with van der Waals surface area (Å²) >= 11 is 3.70. The van der Waals surface area contributed by atoms with Gasteiger partial charge in [-0.05, 0) is 11.1 Å². The largest absolute Gasteiger partial charge is 3.00 e. The predicted octanol–water partition coefficient (Wildman–Crippen LogP) is 2.03. The van der Waals surface area contributed by atoms with Gasteiger partial charge in [0.25, 0.3) is 0 Å². The molecular weight excluding hydrogens is 365 g/mol. The van der Waals surface area contributed by atoms with Crippen LogP contribution in [0, 0.1) is 0 Å². The van der Waals surface area contributed by atoms with E-state index in [-0.39, 0.29) is 28.6 Å². The van der Waals surface area contributed by atoms with Gasteiger partial charge in [-0.3, -0.25) is 9.98 Å². The second-order valence-corrected chi connectivity index (χ2v) is 4.42. The molecule has 0 atom stereocenters. The quantitative estimate of drug-likeness (QED) is 0.344. The van der Waals surface area contributed by atoms with Gasteiger partial charge in [0.05, 0.1) is 13.1 Å². The van der Waals surface area contributed by atoms with E-state index in [0.717, 1.165) is 0 Å².